The van der Waals surface area contributed by atoms with E-state index in [0.717, 1.165) is 5.56 Å². The van der Waals surface area contributed by atoms with Gasteiger partial charge in [0.25, 0.3) is 0 Å². The molecule has 1 aromatic carbocycles. The van der Waals surface area contributed by atoms with Crippen LogP contribution in [0, 0.1) is 10.8 Å². The fourth-order valence-corrected chi connectivity index (χ4v) is 2.79. The quantitative estimate of drug-likeness (QED) is 0.785. The number of hydrogen-bond donors (Lipinski definition) is 3. The number of carbonyl (C=O) groups is 1. The number of rotatable bonds is 4. The standard InChI is InChI=1S/C16H24N2O2/c1-15(2)14(16(15,3)4)18-13(20)12(17)9-10-5-7-11(19)8-6-10/h5-8,12,14,19H,9,17H2,1-4H3,(H,18,20). The minimum absolute atomic E-state index is 0.110. The molecule has 0 spiro atoms. The first-order chi connectivity index (χ1) is 9.16. The largest absolute Gasteiger partial charge is 0.508 e. The third-order valence-electron chi connectivity index (χ3n) is 5.04. The van der Waals surface area contributed by atoms with Crippen molar-refractivity contribution in [3.63, 3.8) is 0 Å². The van der Waals surface area contributed by atoms with E-state index in [-0.39, 0.29) is 28.5 Å². The van der Waals surface area contributed by atoms with Crippen molar-refractivity contribution >= 4 is 5.91 Å². The summed E-state index contributed by atoms with van der Waals surface area (Å²) in [7, 11) is 0. The zero-order chi connectivity index (χ0) is 15.1. The highest BCUT2D eigenvalue weighted by Crippen LogP contribution is 2.62. The van der Waals surface area contributed by atoms with Gasteiger partial charge >= 0.3 is 0 Å². The summed E-state index contributed by atoms with van der Waals surface area (Å²) >= 11 is 0. The molecule has 2 rings (SSSR count). The van der Waals surface area contributed by atoms with E-state index in [9.17, 15) is 9.90 Å². The third-order valence-corrected chi connectivity index (χ3v) is 5.04. The van der Waals surface area contributed by atoms with Crippen LogP contribution < -0.4 is 11.1 Å². The second kappa shape index (κ2) is 4.77. The predicted octanol–water partition coefficient (Wildman–Crippen LogP) is 1.81. The minimum atomic E-state index is -0.563. The van der Waals surface area contributed by atoms with Crippen LogP contribution in [0.3, 0.4) is 0 Å². The number of benzene rings is 1. The SMILES string of the molecule is CC1(C)C(NC(=O)C(N)Cc2ccc(O)cc2)C1(C)C. The maximum atomic E-state index is 12.2. The summed E-state index contributed by atoms with van der Waals surface area (Å²) in [5, 5.41) is 12.3. The van der Waals surface area contributed by atoms with Gasteiger partial charge in [-0.3, -0.25) is 4.79 Å². The molecule has 0 aromatic heterocycles. The van der Waals surface area contributed by atoms with Crippen molar-refractivity contribution in [1.29, 1.82) is 0 Å². The lowest BCUT2D eigenvalue weighted by atomic mass is 10.0. The highest BCUT2D eigenvalue weighted by Gasteiger charge is 2.65. The normalized spacial score (nSPS) is 21.2. The second-order valence-corrected chi connectivity index (χ2v) is 6.86. The van der Waals surface area contributed by atoms with Crippen LogP contribution >= 0.6 is 0 Å². The topological polar surface area (TPSA) is 75.4 Å². The number of nitrogens with two attached hydrogens (primary N) is 1. The summed E-state index contributed by atoms with van der Waals surface area (Å²) in [5.74, 6) is 0.106. The van der Waals surface area contributed by atoms with Crippen molar-refractivity contribution in [2.45, 2.75) is 46.2 Å². The molecule has 0 aliphatic heterocycles. The van der Waals surface area contributed by atoms with Gasteiger partial charge in [0, 0.05) is 6.04 Å². The summed E-state index contributed by atoms with van der Waals surface area (Å²) in [6.45, 7) is 8.62. The molecular formula is C16H24N2O2. The van der Waals surface area contributed by atoms with Gasteiger partial charge in [-0.15, -0.1) is 0 Å². The second-order valence-electron chi connectivity index (χ2n) is 6.86. The van der Waals surface area contributed by atoms with Gasteiger partial charge in [-0.25, -0.2) is 0 Å². The number of nitrogens with one attached hydrogen (secondary N) is 1. The van der Waals surface area contributed by atoms with Gasteiger partial charge in [0.15, 0.2) is 0 Å². The number of carbonyl (C=O) groups excluding carboxylic acids is 1. The maximum absolute atomic E-state index is 12.2. The molecule has 0 saturated heterocycles. The average molecular weight is 276 g/mol. The van der Waals surface area contributed by atoms with E-state index in [4.69, 9.17) is 5.73 Å². The molecule has 1 fully saturated rings. The Morgan fingerprint density at radius 3 is 2.20 bits per heavy atom. The van der Waals surface area contributed by atoms with Crippen LogP contribution in [-0.4, -0.2) is 23.1 Å². The first-order valence-electron chi connectivity index (χ1n) is 7.00. The lowest BCUT2D eigenvalue weighted by Crippen LogP contribution is -2.44. The van der Waals surface area contributed by atoms with Crippen LogP contribution in [0.1, 0.15) is 33.3 Å². The van der Waals surface area contributed by atoms with Crippen molar-refractivity contribution < 1.29 is 9.90 Å². The molecule has 110 valence electrons. The number of phenolic OH excluding ortho intramolecular Hbond substituents is 1. The Hall–Kier alpha value is -1.55. The third kappa shape index (κ3) is 2.52. The van der Waals surface area contributed by atoms with Crippen molar-refractivity contribution in [2.24, 2.45) is 16.6 Å². The molecule has 0 radical (unpaired) electrons. The monoisotopic (exact) mass is 276 g/mol. The number of aromatic hydroxyl groups is 1. The highest BCUT2D eigenvalue weighted by molar-refractivity contribution is 5.82. The van der Waals surface area contributed by atoms with Gasteiger partial charge in [-0.05, 0) is 34.9 Å². The molecule has 4 nitrogen and oxygen atoms in total. The predicted molar refractivity (Wildman–Crippen MR) is 79.3 cm³/mol. The van der Waals surface area contributed by atoms with Crippen LogP contribution in [0.2, 0.25) is 0 Å². The minimum Gasteiger partial charge on any atom is -0.508 e. The molecule has 1 unspecified atom stereocenters. The van der Waals surface area contributed by atoms with Gasteiger partial charge in [0.05, 0.1) is 6.04 Å². The van der Waals surface area contributed by atoms with Gasteiger partial charge in [-0.2, -0.15) is 0 Å². The van der Waals surface area contributed by atoms with E-state index in [1.165, 1.54) is 0 Å². The molecule has 1 amide bonds. The lowest BCUT2D eigenvalue weighted by molar-refractivity contribution is -0.122. The van der Waals surface area contributed by atoms with E-state index in [1.807, 2.05) is 0 Å². The number of amides is 1. The van der Waals surface area contributed by atoms with Gasteiger partial charge in [0.2, 0.25) is 5.91 Å². The summed E-state index contributed by atoms with van der Waals surface area (Å²) in [5.41, 5.74) is 7.13. The van der Waals surface area contributed by atoms with Crippen molar-refractivity contribution in [3.8, 4) is 5.75 Å². The smallest absolute Gasteiger partial charge is 0.237 e. The molecular weight excluding hydrogens is 252 g/mol. The Kier molecular flexibility index (Phi) is 3.54. The fourth-order valence-electron chi connectivity index (χ4n) is 2.79. The molecule has 1 aromatic rings. The molecule has 1 atom stereocenters. The Labute approximate surface area is 120 Å². The van der Waals surface area contributed by atoms with E-state index in [1.54, 1.807) is 24.3 Å². The maximum Gasteiger partial charge on any atom is 0.237 e. The summed E-state index contributed by atoms with van der Waals surface area (Å²) in [4.78, 5) is 12.2. The molecule has 1 saturated carbocycles. The van der Waals surface area contributed by atoms with Gasteiger partial charge < -0.3 is 16.2 Å². The summed E-state index contributed by atoms with van der Waals surface area (Å²) in [6.07, 6.45) is 0.472. The lowest BCUT2D eigenvalue weighted by Gasteiger charge is -2.13. The van der Waals surface area contributed by atoms with E-state index in [0.29, 0.717) is 6.42 Å². The van der Waals surface area contributed by atoms with Crippen LogP contribution in [0.4, 0.5) is 0 Å². The molecule has 1 aliphatic carbocycles. The first-order valence-corrected chi connectivity index (χ1v) is 7.00. The Balaban J connectivity index is 1.92. The molecule has 4 heteroatoms. The van der Waals surface area contributed by atoms with Crippen molar-refractivity contribution in [1.82, 2.24) is 5.32 Å². The number of phenols is 1. The van der Waals surface area contributed by atoms with Crippen LogP contribution in [0.25, 0.3) is 0 Å². The Bertz CT molecular complexity index is 492. The van der Waals surface area contributed by atoms with Gasteiger partial charge in [-0.1, -0.05) is 39.8 Å². The van der Waals surface area contributed by atoms with Crippen LogP contribution in [0.15, 0.2) is 24.3 Å². The van der Waals surface area contributed by atoms with E-state index >= 15 is 0 Å². The molecule has 0 bridgehead atoms. The zero-order valence-electron chi connectivity index (χ0n) is 12.6. The van der Waals surface area contributed by atoms with Crippen molar-refractivity contribution in [3.05, 3.63) is 29.8 Å². The molecule has 1 aliphatic rings. The zero-order valence-corrected chi connectivity index (χ0v) is 12.6. The average Bonchev–Trinajstić information content (AvgIpc) is 2.74. The van der Waals surface area contributed by atoms with Crippen LogP contribution in [-0.2, 0) is 11.2 Å². The summed E-state index contributed by atoms with van der Waals surface area (Å²) in [6, 6.07) is 6.39. The van der Waals surface area contributed by atoms with Crippen molar-refractivity contribution in [2.75, 3.05) is 0 Å². The number of hydrogen-bond acceptors (Lipinski definition) is 3. The molecule has 4 N–H and O–H groups in total. The molecule has 20 heavy (non-hydrogen) atoms. The van der Waals surface area contributed by atoms with Gasteiger partial charge in [0.1, 0.15) is 5.75 Å². The van der Waals surface area contributed by atoms with E-state index in [2.05, 4.69) is 33.0 Å². The Morgan fingerprint density at radius 1 is 1.25 bits per heavy atom. The highest BCUT2D eigenvalue weighted by atomic mass is 16.3. The molecule has 0 heterocycles. The fraction of sp³-hybridized carbons (Fsp3) is 0.562. The first kappa shape index (κ1) is 14.9. The van der Waals surface area contributed by atoms with E-state index < -0.39 is 6.04 Å². The Morgan fingerprint density at radius 2 is 1.75 bits per heavy atom. The summed E-state index contributed by atoms with van der Waals surface area (Å²) < 4.78 is 0. The van der Waals surface area contributed by atoms with Crippen LogP contribution in [0.5, 0.6) is 5.75 Å².